The monoisotopic (exact) mass is 589 g/mol. The highest BCUT2D eigenvalue weighted by atomic mass is 35.5. The van der Waals surface area contributed by atoms with Crippen LogP contribution in [0.1, 0.15) is 5.56 Å². The Morgan fingerprint density at radius 1 is 1.00 bits per heavy atom. The second-order valence-electron chi connectivity index (χ2n) is 7.86. The maximum absolute atomic E-state index is 12.5. The van der Waals surface area contributed by atoms with Crippen LogP contribution in [-0.4, -0.2) is 33.3 Å². The fourth-order valence-electron chi connectivity index (χ4n) is 3.45. The third kappa shape index (κ3) is 6.97. The Morgan fingerprint density at radius 2 is 1.67 bits per heavy atom. The number of nitrogens with one attached hydrogen (secondary N) is 1. The van der Waals surface area contributed by atoms with Crippen molar-refractivity contribution in [3.63, 3.8) is 0 Å². The van der Waals surface area contributed by atoms with Crippen LogP contribution in [0.4, 0.5) is 18.9 Å². The van der Waals surface area contributed by atoms with Crippen LogP contribution in [0.2, 0.25) is 10.0 Å². The van der Waals surface area contributed by atoms with E-state index in [1.54, 1.807) is 18.2 Å². The Labute approximate surface area is 234 Å². The lowest BCUT2D eigenvalue weighted by atomic mass is 10.00. The normalized spacial score (nSPS) is 15.3. The molecule has 6 nitrogen and oxygen atoms in total. The number of nitrogens with zero attached hydrogens (tertiary/aromatic N) is 2. The van der Waals surface area contributed by atoms with Gasteiger partial charge in [0.15, 0.2) is 5.17 Å². The van der Waals surface area contributed by atoms with Crippen LogP contribution in [0.15, 0.2) is 88.9 Å². The number of aliphatic carboxylic acids is 1. The number of carbonyl (C=O) groups excluding carboxylic acids is 1. The number of halogens is 5. The zero-order valence-electron chi connectivity index (χ0n) is 19.5. The van der Waals surface area contributed by atoms with Gasteiger partial charge in [-0.2, -0.15) is 13.2 Å². The number of carbonyl (C=O) groups is 2. The van der Waals surface area contributed by atoms with E-state index in [4.69, 9.17) is 33.1 Å². The largest absolute Gasteiger partial charge is 0.490 e. The molecule has 1 aromatic heterocycles. The highest BCUT2D eigenvalue weighted by Crippen LogP contribution is 2.36. The lowest BCUT2D eigenvalue weighted by molar-refractivity contribution is -0.192. The molecule has 198 valence electrons. The van der Waals surface area contributed by atoms with Gasteiger partial charge in [-0.15, -0.1) is 0 Å². The van der Waals surface area contributed by atoms with Crippen LogP contribution in [-0.2, 0) is 9.59 Å². The van der Waals surface area contributed by atoms with E-state index >= 15 is 0 Å². The molecule has 4 aromatic rings. The molecule has 0 aliphatic carbocycles. The van der Waals surface area contributed by atoms with Gasteiger partial charge < -0.3 is 10.4 Å². The lowest BCUT2D eigenvalue weighted by Gasteiger charge is -2.07. The number of hydrogen-bond acceptors (Lipinski definition) is 5. The minimum Gasteiger partial charge on any atom is -0.475 e. The number of thioether (sulfide) groups is 1. The number of rotatable bonds is 3. The summed E-state index contributed by atoms with van der Waals surface area (Å²) < 4.78 is 31.7. The first-order chi connectivity index (χ1) is 18.5. The number of para-hydroxylation sites is 1. The minimum absolute atomic E-state index is 0.216. The summed E-state index contributed by atoms with van der Waals surface area (Å²) in [5.41, 5.74) is 4.44. The molecule has 2 heterocycles. The molecule has 1 fully saturated rings. The Kier molecular flexibility index (Phi) is 8.59. The molecule has 0 spiro atoms. The number of carboxylic acids is 1. The topological polar surface area (TPSA) is 91.6 Å². The first-order valence-corrected chi connectivity index (χ1v) is 12.6. The number of alkyl halides is 3. The lowest BCUT2D eigenvalue weighted by Crippen LogP contribution is -2.21. The van der Waals surface area contributed by atoms with E-state index in [0.717, 1.165) is 27.6 Å². The highest BCUT2D eigenvalue weighted by molar-refractivity contribution is 8.18. The van der Waals surface area contributed by atoms with Crippen LogP contribution in [0, 0.1) is 0 Å². The van der Waals surface area contributed by atoms with Crippen LogP contribution >= 0.6 is 35.0 Å². The molecule has 1 saturated heterocycles. The summed E-state index contributed by atoms with van der Waals surface area (Å²) in [7, 11) is 0. The van der Waals surface area contributed by atoms with E-state index in [0.29, 0.717) is 25.8 Å². The Balaban J connectivity index is 0.000000448. The first kappa shape index (κ1) is 28.2. The summed E-state index contributed by atoms with van der Waals surface area (Å²) in [5, 5.41) is 12.2. The summed E-state index contributed by atoms with van der Waals surface area (Å²) in [6.07, 6.45) is -1.43. The smallest absolute Gasteiger partial charge is 0.475 e. The maximum Gasteiger partial charge on any atom is 0.490 e. The number of amides is 1. The Hall–Kier alpha value is -3.86. The summed E-state index contributed by atoms with van der Waals surface area (Å²) in [5.74, 6) is -2.97. The molecule has 1 aliphatic rings. The fourth-order valence-corrected chi connectivity index (χ4v) is 4.76. The average molecular weight is 590 g/mol. The maximum atomic E-state index is 12.5. The third-order valence-electron chi connectivity index (χ3n) is 5.19. The van der Waals surface area contributed by atoms with Crippen molar-refractivity contribution >= 4 is 74.7 Å². The molecule has 12 heteroatoms. The molecule has 0 unspecified atom stereocenters. The van der Waals surface area contributed by atoms with Gasteiger partial charge in [0, 0.05) is 11.6 Å². The van der Waals surface area contributed by atoms with E-state index in [1.807, 2.05) is 54.7 Å². The van der Waals surface area contributed by atoms with Gasteiger partial charge >= 0.3 is 12.1 Å². The zero-order valence-corrected chi connectivity index (χ0v) is 21.9. The number of fused-ring (bicyclic) bond motifs is 1. The standard InChI is InChI=1S/C25H15Cl2N3OS.C2HF3O2/c26-19-7-4-8-20(27)23(19)29-25-30-24(31)22(32-25)14-15-9-10-21-18(13-15)17(11-12-28-21)16-5-2-1-3-6-16;3-2(4,5)1(6)7/h1-14H,(H,29,30,31);(H,6,7)/b22-14+;. The number of aromatic nitrogens is 1. The molecule has 0 bridgehead atoms. The van der Waals surface area contributed by atoms with Crippen molar-refractivity contribution < 1.29 is 27.9 Å². The zero-order chi connectivity index (χ0) is 28.2. The molecule has 0 radical (unpaired) electrons. The summed E-state index contributed by atoms with van der Waals surface area (Å²) >= 11 is 13.6. The molecule has 5 rings (SSSR count). The van der Waals surface area contributed by atoms with E-state index in [1.165, 1.54) is 11.8 Å². The van der Waals surface area contributed by atoms with E-state index in [-0.39, 0.29) is 5.91 Å². The molecule has 0 saturated carbocycles. The van der Waals surface area contributed by atoms with Crippen molar-refractivity contribution in [1.82, 2.24) is 10.3 Å². The number of hydrogen-bond donors (Lipinski definition) is 2. The van der Waals surface area contributed by atoms with Gasteiger partial charge in [0.05, 0.1) is 20.5 Å². The second kappa shape index (κ2) is 11.9. The molecule has 39 heavy (non-hydrogen) atoms. The number of aliphatic imine (C=N–C) groups is 1. The summed E-state index contributed by atoms with van der Waals surface area (Å²) in [6.45, 7) is 0. The molecular weight excluding hydrogens is 574 g/mol. The second-order valence-corrected chi connectivity index (χ2v) is 9.70. The van der Waals surface area contributed by atoms with Crippen LogP contribution in [0.3, 0.4) is 0 Å². The predicted molar refractivity (Wildman–Crippen MR) is 148 cm³/mol. The molecule has 1 aliphatic heterocycles. The fraction of sp³-hybridized carbons (Fsp3) is 0.0370. The van der Waals surface area contributed by atoms with E-state index in [2.05, 4.69) is 27.4 Å². The SMILES string of the molecule is O=C(O)C(F)(F)F.O=C1NC(=Nc2c(Cl)cccc2Cl)S/C1=C/c1ccc2nccc(-c3ccccc3)c2c1. The van der Waals surface area contributed by atoms with E-state index in [9.17, 15) is 18.0 Å². The van der Waals surface area contributed by atoms with Crippen molar-refractivity contribution in [2.75, 3.05) is 0 Å². The molecule has 2 N–H and O–H groups in total. The third-order valence-corrected chi connectivity index (χ3v) is 6.71. The molecular formula is C27H16Cl2F3N3O3S. The van der Waals surface area contributed by atoms with Crippen LogP contribution in [0.25, 0.3) is 28.1 Å². The average Bonchev–Trinajstić information content (AvgIpc) is 3.24. The Bertz CT molecular complexity index is 1610. The van der Waals surface area contributed by atoms with E-state index < -0.39 is 12.1 Å². The first-order valence-electron chi connectivity index (χ1n) is 11.0. The number of amidine groups is 1. The quantitative estimate of drug-likeness (QED) is 0.238. The highest BCUT2D eigenvalue weighted by Gasteiger charge is 2.38. The van der Waals surface area contributed by atoms with Gasteiger partial charge in [-0.1, -0.05) is 65.7 Å². The van der Waals surface area contributed by atoms with Crippen LogP contribution in [0.5, 0.6) is 0 Å². The van der Waals surface area contributed by atoms with Crippen molar-refractivity contribution in [3.05, 3.63) is 99.5 Å². The van der Waals surface area contributed by atoms with Crippen molar-refractivity contribution in [1.29, 1.82) is 0 Å². The molecule has 0 atom stereocenters. The summed E-state index contributed by atoms with van der Waals surface area (Å²) in [6, 6.07) is 23.3. The van der Waals surface area contributed by atoms with Gasteiger partial charge in [0.2, 0.25) is 0 Å². The molecule has 1 amide bonds. The van der Waals surface area contributed by atoms with Crippen molar-refractivity contribution in [2.45, 2.75) is 6.18 Å². The number of benzene rings is 3. The van der Waals surface area contributed by atoms with Crippen molar-refractivity contribution in [2.24, 2.45) is 4.99 Å². The number of carboxylic acid groups (broad SMARTS) is 1. The molecule has 3 aromatic carbocycles. The number of pyridine rings is 1. The van der Waals surface area contributed by atoms with Gasteiger partial charge in [-0.25, -0.2) is 9.79 Å². The van der Waals surface area contributed by atoms with Crippen LogP contribution < -0.4 is 5.32 Å². The Morgan fingerprint density at radius 3 is 2.31 bits per heavy atom. The van der Waals surface area contributed by atoms with Crippen molar-refractivity contribution in [3.8, 4) is 11.1 Å². The predicted octanol–water partition coefficient (Wildman–Crippen LogP) is 7.73. The van der Waals surface area contributed by atoms with Gasteiger partial charge in [-0.05, 0) is 64.9 Å². The minimum atomic E-state index is -5.08. The summed E-state index contributed by atoms with van der Waals surface area (Å²) in [4.78, 5) is 30.9. The van der Waals surface area contributed by atoms with Gasteiger partial charge in [0.1, 0.15) is 5.69 Å². The van der Waals surface area contributed by atoms with Gasteiger partial charge in [0.25, 0.3) is 5.91 Å². The van der Waals surface area contributed by atoms with Gasteiger partial charge in [-0.3, -0.25) is 9.78 Å².